The molecule has 0 aliphatic rings. The third kappa shape index (κ3) is 59.1. The average molecular weight is 850 g/mol. The molecule has 0 aliphatic carbocycles. The number of aliphatic hydroxyl groups is 3. The molecule has 6 nitrogen and oxygen atoms in total. The summed E-state index contributed by atoms with van der Waals surface area (Å²) in [6.07, 6.45) is 32.7. The smallest absolute Gasteiger partial charge is 0.308 e. The van der Waals surface area contributed by atoms with Crippen LogP contribution in [0.15, 0.2) is 0 Å². The second-order valence-electron chi connectivity index (χ2n) is 15.1. The van der Waals surface area contributed by atoms with Gasteiger partial charge in [-0.2, -0.15) is 0 Å². The predicted molar refractivity (Wildman–Crippen MR) is 237 cm³/mol. The van der Waals surface area contributed by atoms with Gasteiger partial charge in [-0.1, -0.05) is 197 Å². The van der Waals surface area contributed by atoms with E-state index >= 15 is 0 Å². The van der Waals surface area contributed by atoms with Gasteiger partial charge in [-0.15, -0.1) is 0 Å². The summed E-state index contributed by atoms with van der Waals surface area (Å²) < 4.78 is 5.53. The molecule has 0 fully saturated rings. The van der Waals surface area contributed by atoms with Crippen molar-refractivity contribution in [1.82, 2.24) is 4.90 Å². The van der Waals surface area contributed by atoms with Crippen LogP contribution in [0.1, 0.15) is 242 Å². The number of aliphatic hydroxyl groups excluding tert-OH is 3. The summed E-state index contributed by atoms with van der Waals surface area (Å²) in [6, 6.07) is 0. The van der Waals surface area contributed by atoms with Crippen molar-refractivity contribution in [1.29, 1.82) is 0 Å². The van der Waals surface area contributed by atoms with E-state index in [9.17, 15) is 15.0 Å². The fourth-order valence-corrected chi connectivity index (χ4v) is 5.71. The third-order valence-electron chi connectivity index (χ3n) is 9.59. The van der Waals surface area contributed by atoms with Crippen LogP contribution in [0.4, 0.5) is 0 Å². The summed E-state index contributed by atoms with van der Waals surface area (Å²) in [7, 11) is 0. The standard InChI is InChI=1S/C25H51NO4.C12H26O.C5H12.C4H10.CH3.Y/c1-4-7-9-10-11-14-17-23(6-3)25(29)30-20-16-13-12-15-19-26(18-8-5-2)21-24(28)22-27;1-3-5-7-9-11-12(13)10-8-6-4-2;1-3-5-4-2;1-3-4-2;;/h23-24,27-28H,4-22H2,1-3H3;12-13H,3-11H2,1-2H3;3-5H2,1-2H3;3-4H2,1-2H3;1H3;/q;;;;-1;. The number of rotatable bonds is 34. The summed E-state index contributed by atoms with van der Waals surface area (Å²) in [5.74, 6) is 0.0658. The van der Waals surface area contributed by atoms with Crippen LogP contribution < -0.4 is 0 Å². The van der Waals surface area contributed by atoms with Crippen LogP contribution >= 0.6 is 0 Å². The van der Waals surface area contributed by atoms with Crippen molar-refractivity contribution in [2.45, 2.75) is 254 Å². The molecule has 0 bridgehead atoms. The second kappa shape index (κ2) is 60.1. The number of carbonyl (C=O) groups excluding carboxylic acids is 1. The van der Waals surface area contributed by atoms with Gasteiger partial charge in [0.25, 0.3) is 0 Å². The summed E-state index contributed by atoms with van der Waals surface area (Å²) >= 11 is 0. The maximum absolute atomic E-state index is 12.3. The fourth-order valence-electron chi connectivity index (χ4n) is 5.71. The Morgan fingerprint density at radius 3 is 1.39 bits per heavy atom. The maximum Gasteiger partial charge on any atom is 0.308 e. The van der Waals surface area contributed by atoms with Crippen LogP contribution in [0.3, 0.4) is 0 Å². The van der Waals surface area contributed by atoms with E-state index in [2.05, 4.69) is 67.2 Å². The molecule has 0 spiro atoms. The SMILES string of the molecule is CCCC.CCCCC.CCCCCCC(O)CCCCC.CCCCCCCCC(CC)C(=O)OCCCCCCN(CCCC)CC(O)CO.[CH3-].[Y]. The quantitative estimate of drug-likeness (QED) is 0.0339. The van der Waals surface area contributed by atoms with Crippen LogP contribution in [0.2, 0.25) is 0 Å². The Hall–Kier alpha value is 0.414. The molecule has 3 unspecified atom stereocenters. The predicted octanol–water partition coefficient (Wildman–Crippen LogP) is 13.7. The Labute approximate surface area is 366 Å². The first kappa shape index (κ1) is 66.2. The molecule has 329 valence electrons. The van der Waals surface area contributed by atoms with E-state index in [1.807, 2.05) is 0 Å². The van der Waals surface area contributed by atoms with Gasteiger partial charge in [0.05, 0.1) is 31.3 Å². The molecule has 0 aromatic heterocycles. The molecule has 54 heavy (non-hydrogen) atoms. The Morgan fingerprint density at radius 2 is 0.907 bits per heavy atom. The molecule has 0 amide bonds. The van der Waals surface area contributed by atoms with Gasteiger partial charge in [0.15, 0.2) is 0 Å². The van der Waals surface area contributed by atoms with Crippen LogP contribution in [0.25, 0.3) is 0 Å². The number of carbonyl (C=O) groups is 1. The fraction of sp³-hybridized carbons (Fsp3) is 0.957. The monoisotopic (exact) mass is 850 g/mol. The zero-order valence-corrected chi connectivity index (χ0v) is 41.6. The molecule has 0 heterocycles. The number of unbranched alkanes of at least 4 members (excludes halogenated alkanes) is 17. The normalized spacial score (nSPS) is 12.0. The summed E-state index contributed by atoms with van der Waals surface area (Å²) in [5.41, 5.74) is 0. The number of hydrogen-bond acceptors (Lipinski definition) is 6. The van der Waals surface area contributed by atoms with Gasteiger partial charge in [0, 0.05) is 39.3 Å². The minimum absolute atomic E-state index is 0. The van der Waals surface area contributed by atoms with Crippen molar-refractivity contribution in [3.8, 4) is 0 Å². The van der Waals surface area contributed by atoms with Gasteiger partial charge < -0.3 is 32.4 Å². The van der Waals surface area contributed by atoms with Crippen molar-refractivity contribution < 1.29 is 57.6 Å². The van der Waals surface area contributed by atoms with Gasteiger partial charge in [-0.25, -0.2) is 0 Å². The Morgan fingerprint density at radius 1 is 0.500 bits per heavy atom. The van der Waals surface area contributed by atoms with Crippen LogP contribution in [0, 0.1) is 13.3 Å². The van der Waals surface area contributed by atoms with E-state index in [1.54, 1.807) is 0 Å². The molecule has 0 saturated heterocycles. The van der Waals surface area contributed by atoms with Gasteiger partial charge >= 0.3 is 5.97 Å². The molecule has 3 N–H and O–H groups in total. The summed E-state index contributed by atoms with van der Waals surface area (Å²) in [5, 5.41) is 28.3. The number of esters is 1. The summed E-state index contributed by atoms with van der Waals surface area (Å²) in [4.78, 5) is 14.5. The van der Waals surface area contributed by atoms with Crippen LogP contribution in [-0.2, 0) is 42.2 Å². The van der Waals surface area contributed by atoms with Crippen molar-refractivity contribution in [3.05, 3.63) is 7.43 Å². The van der Waals surface area contributed by atoms with E-state index in [1.165, 1.54) is 109 Å². The zero-order valence-electron chi connectivity index (χ0n) is 38.7. The van der Waals surface area contributed by atoms with Crippen LogP contribution in [0.5, 0.6) is 0 Å². The molecule has 1 radical (unpaired) electrons. The number of nitrogens with zero attached hydrogens (tertiary/aromatic N) is 1. The van der Waals surface area contributed by atoms with Crippen LogP contribution in [-0.4, -0.2) is 71.2 Å². The zero-order chi connectivity index (χ0) is 39.9. The molecular weight excluding hydrogens is 747 g/mol. The third-order valence-corrected chi connectivity index (χ3v) is 9.59. The molecule has 0 aliphatic heterocycles. The molecule has 0 saturated carbocycles. The first-order valence-electron chi connectivity index (χ1n) is 23.1. The molecule has 7 heteroatoms. The molecule has 0 aromatic rings. The van der Waals surface area contributed by atoms with E-state index in [0.29, 0.717) is 13.2 Å². The number of ether oxygens (including phenoxy) is 1. The average Bonchev–Trinajstić information content (AvgIpc) is 3.15. The molecule has 3 atom stereocenters. The Kier molecular flexibility index (Phi) is 73.7. The van der Waals surface area contributed by atoms with Gasteiger partial charge in [0.2, 0.25) is 0 Å². The van der Waals surface area contributed by atoms with E-state index in [-0.39, 0.29) is 64.7 Å². The minimum atomic E-state index is -0.649. The van der Waals surface area contributed by atoms with Crippen molar-refractivity contribution >= 4 is 5.97 Å². The van der Waals surface area contributed by atoms with E-state index in [0.717, 1.165) is 83.7 Å². The van der Waals surface area contributed by atoms with Crippen molar-refractivity contribution in [2.75, 3.05) is 32.8 Å². The van der Waals surface area contributed by atoms with E-state index in [4.69, 9.17) is 9.84 Å². The van der Waals surface area contributed by atoms with E-state index < -0.39 is 6.10 Å². The Balaban J connectivity index is -0.000000197. The first-order chi connectivity index (χ1) is 25.2. The van der Waals surface area contributed by atoms with Gasteiger partial charge in [0.1, 0.15) is 0 Å². The molecule has 0 rings (SSSR count). The first-order valence-corrected chi connectivity index (χ1v) is 23.1. The Bertz CT molecular complexity index is 623. The summed E-state index contributed by atoms with van der Waals surface area (Å²) in [6.45, 7) is 22.5. The minimum Gasteiger partial charge on any atom is -0.465 e. The van der Waals surface area contributed by atoms with Gasteiger partial charge in [-0.05, 0) is 58.0 Å². The van der Waals surface area contributed by atoms with Crippen molar-refractivity contribution in [3.63, 3.8) is 0 Å². The topological polar surface area (TPSA) is 90.2 Å². The molecule has 0 aromatic carbocycles. The maximum atomic E-state index is 12.3. The van der Waals surface area contributed by atoms with Gasteiger partial charge in [-0.3, -0.25) is 4.79 Å². The largest absolute Gasteiger partial charge is 0.465 e. The van der Waals surface area contributed by atoms with Crippen molar-refractivity contribution in [2.24, 2.45) is 5.92 Å². The molecular formula is C47H102NO5Y-. The second-order valence-corrected chi connectivity index (χ2v) is 15.1. The number of hydrogen-bond donors (Lipinski definition) is 3.